The number of primary amides is 1. The van der Waals surface area contributed by atoms with Crippen molar-refractivity contribution in [1.29, 1.82) is 0 Å². The highest BCUT2D eigenvalue weighted by Crippen LogP contribution is 2.39. The molecule has 6 aromatic rings. The molecule has 0 unspecified atom stereocenters. The number of hydrogen-bond acceptors (Lipinski definition) is 3. The van der Waals surface area contributed by atoms with Crippen LogP contribution in [0.3, 0.4) is 0 Å². The fourth-order valence-electron chi connectivity index (χ4n) is 5.18. The van der Waals surface area contributed by atoms with Crippen LogP contribution in [-0.4, -0.2) is 22.7 Å². The summed E-state index contributed by atoms with van der Waals surface area (Å²) in [6.45, 7) is 1.87. The standard InChI is InChI=1S/C34H24F2N4O3/c1-18-24(3-2-4-28(18)40-33(42)19-5-8-21(35)9-6-19)25-15-16-27(32(37)41)31-30(25)26-14-7-20(17-29(26)39-31)34(43)38-23-12-10-22(36)11-13-23/h2-17,39H,1H3,(H2,37,41)(H,38,43)(H,40,42). The van der Waals surface area contributed by atoms with Crippen molar-refractivity contribution in [2.24, 2.45) is 5.73 Å². The van der Waals surface area contributed by atoms with Crippen LogP contribution in [0.4, 0.5) is 20.2 Å². The molecule has 7 nitrogen and oxygen atoms in total. The van der Waals surface area contributed by atoms with E-state index in [1.165, 1.54) is 48.5 Å². The number of rotatable bonds is 6. The van der Waals surface area contributed by atoms with E-state index in [1.807, 2.05) is 19.1 Å². The van der Waals surface area contributed by atoms with E-state index >= 15 is 0 Å². The Hall–Kier alpha value is -5.83. The lowest BCUT2D eigenvalue weighted by Crippen LogP contribution is -2.13. The molecule has 0 spiro atoms. The molecule has 0 aliphatic rings. The van der Waals surface area contributed by atoms with Crippen LogP contribution < -0.4 is 16.4 Å². The van der Waals surface area contributed by atoms with Gasteiger partial charge in [-0.05, 0) is 96.4 Å². The van der Waals surface area contributed by atoms with Gasteiger partial charge in [-0.15, -0.1) is 0 Å². The van der Waals surface area contributed by atoms with E-state index in [9.17, 15) is 23.2 Å². The highest BCUT2D eigenvalue weighted by molar-refractivity contribution is 6.21. The SMILES string of the molecule is Cc1c(NC(=O)c2ccc(F)cc2)cccc1-c1ccc(C(N)=O)c2[nH]c3cc(C(=O)Nc4ccc(F)cc4)ccc3c12. The molecule has 9 heteroatoms. The Labute approximate surface area is 244 Å². The fraction of sp³-hybridized carbons (Fsp3) is 0.0294. The second-order valence-electron chi connectivity index (χ2n) is 10.1. The molecule has 0 radical (unpaired) electrons. The Morgan fingerprint density at radius 1 is 0.721 bits per heavy atom. The molecule has 0 saturated heterocycles. The highest BCUT2D eigenvalue weighted by Gasteiger charge is 2.20. The predicted molar refractivity (Wildman–Crippen MR) is 163 cm³/mol. The maximum absolute atomic E-state index is 13.3. The molecule has 3 amide bonds. The molecule has 0 bridgehead atoms. The molecule has 5 aromatic carbocycles. The molecule has 0 aliphatic carbocycles. The minimum absolute atomic E-state index is 0.283. The van der Waals surface area contributed by atoms with E-state index in [4.69, 9.17) is 5.73 Å². The van der Waals surface area contributed by atoms with E-state index in [1.54, 1.807) is 36.4 Å². The number of fused-ring (bicyclic) bond motifs is 3. The van der Waals surface area contributed by atoms with Crippen molar-refractivity contribution in [3.63, 3.8) is 0 Å². The third-order valence-electron chi connectivity index (χ3n) is 7.36. The molecule has 5 N–H and O–H groups in total. The van der Waals surface area contributed by atoms with Crippen LogP contribution in [0, 0.1) is 18.6 Å². The Balaban J connectivity index is 1.42. The summed E-state index contributed by atoms with van der Waals surface area (Å²) in [5, 5.41) is 7.13. The highest BCUT2D eigenvalue weighted by atomic mass is 19.1. The Bertz CT molecular complexity index is 2070. The topological polar surface area (TPSA) is 117 Å². The van der Waals surface area contributed by atoms with Crippen LogP contribution in [0.1, 0.15) is 36.6 Å². The van der Waals surface area contributed by atoms with E-state index in [-0.39, 0.29) is 17.4 Å². The first-order chi connectivity index (χ1) is 20.7. The number of halogens is 2. The molecule has 0 aliphatic heterocycles. The van der Waals surface area contributed by atoms with Crippen molar-refractivity contribution in [2.45, 2.75) is 6.92 Å². The molecule has 6 rings (SSSR count). The van der Waals surface area contributed by atoms with Crippen molar-refractivity contribution in [1.82, 2.24) is 4.98 Å². The van der Waals surface area contributed by atoms with Gasteiger partial charge in [-0.25, -0.2) is 8.78 Å². The molecule has 1 heterocycles. The summed E-state index contributed by atoms with van der Waals surface area (Å²) in [6, 6.07) is 24.8. The zero-order valence-corrected chi connectivity index (χ0v) is 22.8. The van der Waals surface area contributed by atoms with Gasteiger partial charge in [0.25, 0.3) is 17.7 Å². The zero-order valence-electron chi connectivity index (χ0n) is 22.8. The van der Waals surface area contributed by atoms with Gasteiger partial charge < -0.3 is 21.4 Å². The number of nitrogens with two attached hydrogens (primary N) is 1. The van der Waals surface area contributed by atoms with Gasteiger partial charge in [-0.3, -0.25) is 14.4 Å². The van der Waals surface area contributed by atoms with Gasteiger partial charge in [0.15, 0.2) is 0 Å². The molecule has 1 aromatic heterocycles. The number of benzene rings is 5. The zero-order chi connectivity index (χ0) is 30.2. The van der Waals surface area contributed by atoms with Crippen LogP contribution in [0.25, 0.3) is 32.9 Å². The first-order valence-electron chi connectivity index (χ1n) is 13.3. The molecular weight excluding hydrogens is 550 g/mol. The van der Waals surface area contributed by atoms with Crippen molar-refractivity contribution in [3.8, 4) is 11.1 Å². The Morgan fingerprint density at radius 3 is 2.07 bits per heavy atom. The molecule has 212 valence electrons. The summed E-state index contributed by atoms with van der Waals surface area (Å²) < 4.78 is 26.6. The van der Waals surface area contributed by atoms with Crippen LogP contribution in [-0.2, 0) is 0 Å². The number of carbonyl (C=O) groups excluding carboxylic acids is 3. The lowest BCUT2D eigenvalue weighted by Gasteiger charge is -2.15. The first-order valence-corrected chi connectivity index (χ1v) is 13.3. The van der Waals surface area contributed by atoms with Gasteiger partial charge in [0.05, 0.1) is 11.1 Å². The maximum Gasteiger partial charge on any atom is 0.255 e. The number of amides is 3. The van der Waals surface area contributed by atoms with Gasteiger partial charge in [-0.1, -0.05) is 24.3 Å². The number of nitrogens with one attached hydrogen (secondary N) is 3. The number of carbonyl (C=O) groups is 3. The minimum Gasteiger partial charge on any atom is -0.366 e. The number of hydrogen-bond donors (Lipinski definition) is 4. The fourth-order valence-corrected chi connectivity index (χ4v) is 5.18. The monoisotopic (exact) mass is 574 g/mol. The summed E-state index contributed by atoms with van der Waals surface area (Å²) >= 11 is 0. The normalized spacial score (nSPS) is 11.0. The lowest BCUT2D eigenvalue weighted by atomic mass is 9.93. The third kappa shape index (κ3) is 5.19. The van der Waals surface area contributed by atoms with E-state index in [0.29, 0.717) is 33.5 Å². The van der Waals surface area contributed by atoms with Gasteiger partial charge >= 0.3 is 0 Å². The summed E-state index contributed by atoms with van der Waals surface area (Å²) in [5.74, 6) is -2.22. The van der Waals surface area contributed by atoms with Gasteiger partial charge in [0, 0.05) is 38.8 Å². The lowest BCUT2D eigenvalue weighted by molar-refractivity contribution is 0.0997. The summed E-state index contributed by atoms with van der Waals surface area (Å²) in [6.07, 6.45) is 0. The second-order valence-corrected chi connectivity index (χ2v) is 10.1. The Morgan fingerprint density at radius 2 is 1.37 bits per heavy atom. The first kappa shape index (κ1) is 27.3. The van der Waals surface area contributed by atoms with Crippen molar-refractivity contribution in [2.75, 3.05) is 10.6 Å². The number of aromatic amines is 1. The number of anilines is 2. The summed E-state index contributed by atoms with van der Waals surface area (Å²) in [4.78, 5) is 41.5. The van der Waals surface area contributed by atoms with Crippen molar-refractivity contribution < 1.29 is 23.2 Å². The predicted octanol–water partition coefficient (Wildman–Crippen LogP) is 7.18. The summed E-state index contributed by atoms with van der Waals surface area (Å²) in [5.41, 5.74) is 11.2. The van der Waals surface area contributed by atoms with Gasteiger partial charge in [-0.2, -0.15) is 0 Å². The van der Waals surface area contributed by atoms with E-state index in [2.05, 4.69) is 15.6 Å². The smallest absolute Gasteiger partial charge is 0.255 e. The van der Waals surface area contributed by atoms with Crippen molar-refractivity contribution >= 4 is 50.9 Å². The maximum atomic E-state index is 13.3. The average molecular weight is 575 g/mol. The Kier molecular flexibility index (Phi) is 6.91. The van der Waals surface area contributed by atoms with Gasteiger partial charge in [0.1, 0.15) is 11.6 Å². The van der Waals surface area contributed by atoms with E-state index < -0.39 is 17.5 Å². The number of aromatic nitrogens is 1. The second kappa shape index (κ2) is 10.9. The van der Waals surface area contributed by atoms with Gasteiger partial charge in [0.2, 0.25) is 0 Å². The van der Waals surface area contributed by atoms with Crippen LogP contribution >= 0.6 is 0 Å². The van der Waals surface area contributed by atoms with E-state index in [0.717, 1.165) is 27.5 Å². The minimum atomic E-state index is -0.616. The van der Waals surface area contributed by atoms with Crippen LogP contribution in [0.15, 0.2) is 97.1 Å². The molecule has 0 saturated carbocycles. The number of H-pyrrole nitrogens is 1. The summed E-state index contributed by atoms with van der Waals surface area (Å²) in [7, 11) is 0. The molecule has 0 fully saturated rings. The van der Waals surface area contributed by atoms with Crippen molar-refractivity contribution in [3.05, 3.63) is 131 Å². The third-order valence-corrected chi connectivity index (χ3v) is 7.36. The van der Waals surface area contributed by atoms with Crippen LogP contribution in [0.2, 0.25) is 0 Å². The molecular formula is C34H24F2N4O3. The van der Waals surface area contributed by atoms with Crippen LogP contribution in [0.5, 0.6) is 0 Å². The largest absolute Gasteiger partial charge is 0.366 e. The quantitative estimate of drug-likeness (QED) is 0.169. The molecule has 0 atom stereocenters. The molecule has 43 heavy (non-hydrogen) atoms. The average Bonchev–Trinajstić information content (AvgIpc) is 3.38.